The van der Waals surface area contributed by atoms with Crippen LogP contribution in [-0.2, 0) is 9.59 Å². The van der Waals surface area contributed by atoms with Crippen LogP contribution >= 0.6 is 0 Å². The summed E-state index contributed by atoms with van der Waals surface area (Å²) < 4.78 is 14.9. The van der Waals surface area contributed by atoms with Crippen LogP contribution in [0.25, 0.3) is 0 Å². The Bertz CT molecular complexity index is 626. The summed E-state index contributed by atoms with van der Waals surface area (Å²) in [5.41, 5.74) is -1.55. The molecular weight excluding hydrogens is 295 g/mol. The van der Waals surface area contributed by atoms with Gasteiger partial charge >= 0.3 is 0 Å². The van der Waals surface area contributed by atoms with Crippen molar-refractivity contribution in [3.8, 4) is 0 Å². The monoisotopic (exact) mass is 320 g/mol. The SMILES string of the molecule is C[C@]12CCC(=O)C=C1[C@@H](F)C[C@H]1[C@@H]3CCC(=O)[C@@]3(C)CC[C@@]12O. The standard InChI is InChI=1S/C19H25FO3/c1-17-7-8-19(23)13(12(17)3-4-16(17)22)10-15(20)14-9-11(21)5-6-18(14,19)2/h9,12-13,15,23H,3-8,10H2,1-2H3/t12-,13-,15-,17-,18-,19+/m0/s1. The van der Waals surface area contributed by atoms with E-state index in [2.05, 4.69) is 0 Å². The molecule has 0 aromatic carbocycles. The molecule has 0 saturated heterocycles. The number of ketones is 2. The molecule has 0 unspecified atom stereocenters. The van der Waals surface area contributed by atoms with Crippen LogP contribution in [0.5, 0.6) is 0 Å². The molecule has 4 heteroatoms. The Hall–Kier alpha value is -1.03. The van der Waals surface area contributed by atoms with E-state index in [1.54, 1.807) is 0 Å². The van der Waals surface area contributed by atoms with Crippen molar-refractivity contribution in [1.29, 1.82) is 0 Å². The van der Waals surface area contributed by atoms with E-state index in [-0.39, 0.29) is 29.8 Å². The summed E-state index contributed by atoms with van der Waals surface area (Å²) in [6.45, 7) is 3.95. The lowest BCUT2D eigenvalue weighted by molar-refractivity contribution is -0.196. The maximum Gasteiger partial charge on any atom is 0.155 e. The van der Waals surface area contributed by atoms with Crippen LogP contribution < -0.4 is 0 Å². The molecule has 4 rings (SSSR count). The van der Waals surface area contributed by atoms with Crippen molar-refractivity contribution >= 4 is 11.6 Å². The molecule has 0 aromatic heterocycles. The zero-order chi connectivity index (χ0) is 16.6. The Morgan fingerprint density at radius 3 is 2.61 bits per heavy atom. The van der Waals surface area contributed by atoms with E-state index in [4.69, 9.17) is 0 Å². The molecule has 0 aliphatic heterocycles. The largest absolute Gasteiger partial charge is 0.389 e. The number of Topliss-reactive ketones (excluding diaryl/α,β-unsaturated/α-hetero) is 1. The summed E-state index contributed by atoms with van der Waals surface area (Å²) in [6.07, 6.45) is 3.96. The molecule has 0 radical (unpaired) electrons. The van der Waals surface area contributed by atoms with Crippen molar-refractivity contribution in [2.75, 3.05) is 0 Å². The molecule has 23 heavy (non-hydrogen) atoms. The predicted molar refractivity (Wildman–Crippen MR) is 83.5 cm³/mol. The fraction of sp³-hybridized carbons (Fsp3) is 0.789. The molecule has 6 atom stereocenters. The smallest absolute Gasteiger partial charge is 0.155 e. The van der Waals surface area contributed by atoms with Crippen LogP contribution in [0, 0.1) is 22.7 Å². The summed E-state index contributed by atoms with van der Waals surface area (Å²) in [7, 11) is 0. The predicted octanol–water partition coefficient (Wildman–Crippen LogP) is 3.15. The molecule has 0 bridgehead atoms. The van der Waals surface area contributed by atoms with Crippen LogP contribution in [0.2, 0.25) is 0 Å². The molecule has 0 spiro atoms. The number of fused-ring (bicyclic) bond motifs is 5. The van der Waals surface area contributed by atoms with Crippen molar-refractivity contribution in [3.05, 3.63) is 11.6 Å². The van der Waals surface area contributed by atoms with E-state index in [0.717, 1.165) is 6.42 Å². The van der Waals surface area contributed by atoms with Crippen molar-refractivity contribution in [1.82, 2.24) is 0 Å². The van der Waals surface area contributed by atoms with Crippen molar-refractivity contribution < 1.29 is 19.1 Å². The van der Waals surface area contributed by atoms with Gasteiger partial charge in [0, 0.05) is 23.7 Å². The molecule has 1 N–H and O–H groups in total. The Labute approximate surface area is 136 Å². The van der Waals surface area contributed by atoms with Gasteiger partial charge in [0.1, 0.15) is 12.0 Å². The lowest BCUT2D eigenvalue weighted by atomic mass is 9.44. The average molecular weight is 320 g/mol. The molecule has 4 aliphatic rings. The zero-order valence-corrected chi connectivity index (χ0v) is 13.9. The lowest BCUT2D eigenvalue weighted by Crippen LogP contribution is -2.65. The number of carbonyl (C=O) groups excluding carboxylic acids is 2. The second-order valence-electron chi connectivity index (χ2n) is 8.62. The maximum absolute atomic E-state index is 14.9. The molecule has 3 saturated carbocycles. The van der Waals surface area contributed by atoms with Crippen LogP contribution in [0.4, 0.5) is 4.39 Å². The molecule has 3 fully saturated rings. The molecule has 4 aliphatic carbocycles. The minimum Gasteiger partial charge on any atom is -0.389 e. The fourth-order valence-corrected chi connectivity index (χ4v) is 6.26. The highest BCUT2D eigenvalue weighted by Crippen LogP contribution is 2.66. The van der Waals surface area contributed by atoms with Crippen molar-refractivity contribution in [2.24, 2.45) is 22.7 Å². The Morgan fingerprint density at radius 2 is 1.87 bits per heavy atom. The minimum atomic E-state index is -1.17. The number of alkyl halides is 1. The second kappa shape index (κ2) is 4.53. The van der Waals surface area contributed by atoms with Gasteiger partial charge < -0.3 is 5.11 Å². The fourth-order valence-electron chi connectivity index (χ4n) is 6.26. The van der Waals surface area contributed by atoms with E-state index in [9.17, 15) is 19.1 Å². The van der Waals surface area contributed by atoms with Gasteiger partial charge in [-0.15, -0.1) is 0 Å². The van der Waals surface area contributed by atoms with E-state index in [1.807, 2.05) is 13.8 Å². The van der Waals surface area contributed by atoms with Crippen LogP contribution in [0.3, 0.4) is 0 Å². The number of halogens is 1. The van der Waals surface area contributed by atoms with E-state index in [0.29, 0.717) is 37.7 Å². The first-order valence-electron chi connectivity index (χ1n) is 8.87. The van der Waals surface area contributed by atoms with Crippen LogP contribution in [0.1, 0.15) is 58.8 Å². The normalized spacial score (nSPS) is 52.5. The highest BCUT2D eigenvalue weighted by Gasteiger charge is 2.67. The Balaban J connectivity index is 1.81. The molecular formula is C19H25FO3. The van der Waals surface area contributed by atoms with E-state index >= 15 is 0 Å². The molecule has 0 aromatic rings. The van der Waals surface area contributed by atoms with Gasteiger partial charge in [-0.05, 0) is 55.6 Å². The Kier molecular flexibility index (Phi) is 3.05. The van der Waals surface area contributed by atoms with Gasteiger partial charge in [-0.25, -0.2) is 4.39 Å². The third-order valence-corrected chi connectivity index (χ3v) is 7.84. The highest BCUT2D eigenvalue weighted by atomic mass is 19.1. The third kappa shape index (κ3) is 1.73. The zero-order valence-electron chi connectivity index (χ0n) is 13.9. The molecule has 0 heterocycles. The van der Waals surface area contributed by atoms with Crippen LogP contribution in [0.15, 0.2) is 11.6 Å². The van der Waals surface area contributed by atoms with Crippen molar-refractivity contribution in [2.45, 2.75) is 70.6 Å². The number of hydrogen-bond acceptors (Lipinski definition) is 3. The summed E-state index contributed by atoms with van der Waals surface area (Å²) in [6, 6.07) is 0. The third-order valence-electron chi connectivity index (χ3n) is 7.84. The van der Waals surface area contributed by atoms with Gasteiger partial charge in [0.05, 0.1) is 5.60 Å². The lowest BCUT2D eigenvalue weighted by Gasteiger charge is -2.62. The summed E-state index contributed by atoms with van der Waals surface area (Å²) in [5, 5.41) is 11.7. The van der Waals surface area contributed by atoms with Gasteiger partial charge in [0.15, 0.2) is 5.78 Å². The topological polar surface area (TPSA) is 54.4 Å². The van der Waals surface area contributed by atoms with Crippen LogP contribution in [-0.4, -0.2) is 28.4 Å². The number of carbonyl (C=O) groups is 2. The summed E-state index contributed by atoms with van der Waals surface area (Å²) in [5.74, 6) is 0.144. The quantitative estimate of drug-likeness (QED) is 0.746. The van der Waals surface area contributed by atoms with Gasteiger partial charge in [-0.3, -0.25) is 9.59 Å². The first-order chi connectivity index (χ1) is 10.7. The second-order valence-corrected chi connectivity index (χ2v) is 8.62. The number of aliphatic hydroxyl groups is 1. The van der Waals surface area contributed by atoms with Gasteiger partial charge in [-0.2, -0.15) is 0 Å². The van der Waals surface area contributed by atoms with Gasteiger partial charge in [0.2, 0.25) is 0 Å². The first-order valence-corrected chi connectivity index (χ1v) is 8.87. The molecule has 3 nitrogen and oxygen atoms in total. The Morgan fingerprint density at radius 1 is 1.13 bits per heavy atom. The van der Waals surface area contributed by atoms with Crippen molar-refractivity contribution in [3.63, 3.8) is 0 Å². The van der Waals surface area contributed by atoms with E-state index < -0.39 is 22.6 Å². The van der Waals surface area contributed by atoms with E-state index in [1.165, 1.54) is 6.08 Å². The number of hydrogen-bond donors (Lipinski definition) is 1. The first kappa shape index (κ1) is 15.5. The summed E-state index contributed by atoms with van der Waals surface area (Å²) in [4.78, 5) is 24.1. The summed E-state index contributed by atoms with van der Waals surface area (Å²) >= 11 is 0. The number of rotatable bonds is 0. The highest BCUT2D eigenvalue weighted by molar-refractivity contribution is 5.92. The maximum atomic E-state index is 14.9. The van der Waals surface area contributed by atoms with Gasteiger partial charge in [-0.1, -0.05) is 13.8 Å². The average Bonchev–Trinajstić information content (AvgIpc) is 2.80. The molecule has 0 amide bonds. The van der Waals surface area contributed by atoms with Gasteiger partial charge in [0.25, 0.3) is 0 Å². The minimum absolute atomic E-state index is 0.0288. The molecule has 126 valence electrons.